The van der Waals surface area contributed by atoms with Crippen LogP contribution in [0.5, 0.6) is 11.5 Å². The number of piperazine rings is 1. The van der Waals surface area contributed by atoms with Crippen molar-refractivity contribution in [2.45, 2.75) is 6.92 Å². The Kier molecular flexibility index (Phi) is 5.87. The number of aryl methyl sites for hydroxylation is 1. The van der Waals surface area contributed by atoms with Gasteiger partial charge in [0, 0.05) is 50.7 Å². The van der Waals surface area contributed by atoms with Gasteiger partial charge in [-0.3, -0.25) is 4.57 Å². The van der Waals surface area contributed by atoms with Gasteiger partial charge in [0.2, 0.25) is 0 Å². The number of anilines is 2. The summed E-state index contributed by atoms with van der Waals surface area (Å²) >= 11 is 0. The van der Waals surface area contributed by atoms with E-state index in [1.165, 1.54) is 0 Å². The normalized spacial score (nSPS) is 13.8. The van der Waals surface area contributed by atoms with Crippen LogP contribution in [0.15, 0.2) is 43.0 Å². The first-order valence-corrected chi connectivity index (χ1v) is 9.94. The summed E-state index contributed by atoms with van der Waals surface area (Å²) in [6, 6.07) is 7.06. The Labute approximate surface area is 180 Å². The number of nitrogens with one attached hydrogen (secondary N) is 1. The van der Waals surface area contributed by atoms with Crippen LogP contribution in [-0.4, -0.2) is 70.8 Å². The van der Waals surface area contributed by atoms with Gasteiger partial charge in [0.25, 0.3) is 0 Å². The van der Waals surface area contributed by atoms with Gasteiger partial charge in [-0.2, -0.15) is 0 Å². The molecule has 1 aliphatic heterocycles. The molecule has 10 nitrogen and oxygen atoms in total. The third kappa shape index (κ3) is 4.52. The molecule has 1 aromatic carbocycles. The second-order valence-corrected chi connectivity index (χ2v) is 7.07. The molecule has 162 valence electrons. The van der Waals surface area contributed by atoms with Crippen LogP contribution < -0.4 is 19.7 Å². The van der Waals surface area contributed by atoms with Crippen LogP contribution in [0, 0.1) is 6.92 Å². The summed E-state index contributed by atoms with van der Waals surface area (Å²) in [6.07, 6.45) is 5.27. The van der Waals surface area contributed by atoms with Crippen molar-refractivity contribution in [3.05, 3.63) is 48.8 Å². The van der Waals surface area contributed by atoms with Crippen molar-refractivity contribution < 1.29 is 14.3 Å². The Morgan fingerprint density at radius 3 is 2.48 bits per heavy atom. The van der Waals surface area contributed by atoms with Gasteiger partial charge in [-0.25, -0.2) is 19.7 Å². The molecular weight excluding hydrogens is 398 g/mol. The van der Waals surface area contributed by atoms with Crippen LogP contribution >= 0.6 is 0 Å². The Morgan fingerprint density at radius 2 is 1.81 bits per heavy atom. The molecule has 4 rings (SSSR count). The average Bonchev–Trinajstić information content (AvgIpc) is 3.34. The van der Waals surface area contributed by atoms with E-state index in [0.29, 0.717) is 49.2 Å². The number of hydrogen-bond donors (Lipinski definition) is 1. The average molecular weight is 423 g/mol. The molecular formula is C21H25N7O3. The van der Waals surface area contributed by atoms with Crippen molar-refractivity contribution in [3.8, 4) is 17.3 Å². The molecule has 10 heteroatoms. The summed E-state index contributed by atoms with van der Waals surface area (Å²) < 4.78 is 12.4. The smallest absolute Gasteiger partial charge is 0.322 e. The van der Waals surface area contributed by atoms with Crippen LogP contribution in [0.2, 0.25) is 0 Å². The van der Waals surface area contributed by atoms with Gasteiger partial charge in [-0.1, -0.05) is 0 Å². The minimum atomic E-state index is -0.166. The highest BCUT2D eigenvalue weighted by atomic mass is 16.5. The quantitative estimate of drug-likeness (QED) is 0.673. The van der Waals surface area contributed by atoms with E-state index >= 15 is 0 Å². The molecule has 0 unspecified atom stereocenters. The van der Waals surface area contributed by atoms with Crippen molar-refractivity contribution >= 4 is 17.5 Å². The summed E-state index contributed by atoms with van der Waals surface area (Å²) in [4.78, 5) is 29.8. The lowest BCUT2D eigenvalue weighted by atomic mass is 10.2. The Balaban J connectivity index is 1.40. The van der Waals surface area contributed by atoms with Crippen LogP contribution in [0.1, 0.15) is 5.82 Å². The predicted molar refractivity (Wildman–Crippen MR) is 116 cm³/mol. The van der Waals surface area contributed by atoms with Gasteiger partial charge < -0.3 is 24.6 Å². The second-order valence-electron chi connectivity index (χ2n) is 7.07. The van der Waals surface area contributed by atoms with Gasteiger partial charge >= 0.3 is 6.03 Å². The molecule has 0 saturated carbocycles. The number of amides is 2. The fraction of sp³-hybridized carbons (Fsp3) is 0.333. The van der Waals surface area contributed by atoms with E-state index in [1.54, 1.807) is 49.8 Å². The molecule has 0 aliphatic carbocycles. The minimum Gasteiger partial charge on any atom is -0.497 e. The summed E-state index contributed by atoms with van der Waals surface area (Å²) in [7, 11) is 3.15. The SMILES string of the molecule is COc1ccc(NC(=O)N2CCN(c3cc(-n4ccnc4)nc(C)n3)CC2)c(OC)c1. The fourth-order valence-electron chi connectivity index (χ4n) is 3.46. The van der Waals surface area contributed by atoms with Crippen molar-refractivity contribution in [3.63, 3.8) is 0 Å². The first-order valence-electron chi connectivity index (χ1n) is 9.94. The number of hydrogen-bond acceptors (Lipinski definition) is 7. The topological polar surface area (TPSA) is 97.6 Å². The number of carbonyl (C=O) groups is 1. The maximum absolute atomic E-state index is 12.8. The lowest BCUT2D eigenvalue weighted by molar-refractivity contribution is 0.208. The molecule has 2 amide bonds. The number of carbonyl (C=O) groups excluding carboxylic acids is 1. The third-order valence-electron chi connectivity index (χ3n) is 5.12. The molecule has 0 bridgehead atoms. The monoisotopic (exact) mass is 423 g/mol. The van der Waals surface area contributed by atoms with Gasteiger partial charge in [-0.05, 0) is 19.1 Å². The van der Waals surface area contributed by atoms with Gasteiger partial charge in [-0.15, -0.1) is 0 Å². The van der Waals surface area contributed by atoms with Crippen LogP contribution in [-0.2, 0) is 0 Å². The molecule has 31 heavy (non-hydrogen) atoms. The van der Waals surface area contributed by atoms with Crippen molar-refractivity contribution in [2.24, 2.45) is 0 Å². The summed E-state index contributed by atoms with van der Waals surface area (Å²) in [5.41, 5.74) is 0.604. The Morgan fingerprint density at radius 1 is 1.03 bits per heavy atom. The van der Waals surface area contributed by atoms with Crippen molar-refractivity contribution in [2.75, 3.05) is 50.6 Å². The van der Waals surface area contributed by atoms with E-state index in [1.807, 2.05) is 23.8 Å². The molecule has 0 spiro atoms. The molecule has 1 aliphatic rings. The highest BCUT2D eigenvalue weighted by Crippen LogP contribution is 2.29. The molecule has 2 aromatic heterocycles. The number of aromatic nitrogens is 4. The highest BCUT2D eigenvalue weighted by molar-refractivity contribution is 5.91. The lowest BCUT2D eigenvalue weighted by Gasteiger charge is -2.35. The zero-order valence-corrected chi connectivity index (χ0v) is 17.8. The van der Waals surface area contributed by atoms with E-state index in [2.05, 4.69) is 25.2 Å². The zero-order chi connectivity index (χ0) is 21.8. The molecule has 1 fully saturated rings. The lowest BCUT2D eigenvalue weighted by Crippen LogP contribution is -2.50. The van der Waals surface area contributed by atoms with Crippen LogP contribution in [0.4, 0.5) is 16.3 Å². The molecule has 1 saturated heterocycles. The third-order valence-corrected chi connectivity index (χ3v) is 5.12. The van der Waals surface area contributed by atoms with E-state index in [0.717, 1.165) is 11.6 Å². The minimum absolute atomic E-state index is 0.166. The first-order chi connectivity index (χ1) is 15.1. The maximum atomic E-state index is 12.8. The van der Waals surface area contributed by atoms with E-state index in [9.17, 15) is 4.79 Å². The fourth-order valence-corrected chi connectivity index (χ4v) is 3.46. The number of nitrogens with zero attached hydrogens (tertiary/aromatic N) is 6. The van der Waals surface area contributed by atoms with Gasteiger partial charge in [0.05, 0.1) is 19.9 Å². The number of imidazole rings is 1. The number of urea groups is 1. The predicted octanol–water partition coefficient (Wildman–Crippen LogP) is 2.34. The van der Waals surface area contributed by atoms with E-state index in [4.69, 9.17) is 9.47 Å². The number of benzene rings is 1. The van der Waals surface area contributed by atoms with E-state index in [-0.39, 0.29) is 6.03 Å². The summed E-state index contributed by atoms with van der Waals surface area (Å²) in [5, 5.41) is 2.93. The largest absolute Gasteiger partial charge is 0.497 e. The summed E-state index contributed by atoms with van der Waals surface area (Å²) in [5.74, 6) is 3.52. The van der Waals surface area contributed by atoms with Gasteiger partial charge in [0.15, 0.2) is 0 Å². The molecule has 0 atom stereocenters. The van der Waals surface area contributed by atoms with Crippen molar-refractivity contribution in [1.82, 2.24) is 24.4 Å². The molecule has 0 radical (unpaired) electrons. The number of ether oxygens (including phenoxy) is 2. The number of methoxy groups -OCH3 is 2. The Bertz CT molecular complexity index is 1050. The summed E-state index contributed by atoms with van der Waals surface area (Å²) in [6.45, 7) is 4.37. The van der Waals surface area contributed by atoms with Crippen molar-refractivity contribution in [1.29, 1.82) is 0 Å². The van der Waals surface area contributed by atoms with E-state index < -0.39 is 0 Å². The van der Waals surface area contributed by atoms with Crippen LogP contribution in [0.3, 0.4) is 0 Å². The Hall–Kier alpha value is -3.82. The van der Waals surface area contributed by atoms with Gasteiger partial charge in [0.1, 0.15) is 35.3 Å². The maximum Gasteiger partial charge on any atom is 0.322 e. The molecule has 3 aromatic rings. The highest BCUT2D eigenvalue weighted by Gasteiger charge is 2.23. The first kappa shape index (κ1) is 20.5. The number of rotatable bonds is 5. The standard InChI is InChI=1S/C21H25N7O3/c1-15-23-19(13-20(24-15)28-7-6-22-14-28)26-8-10-27(11-9-26)21(29)25-17-5-4-16(30-2)12-18(17)31-3/h4-7,12-14H,8-11H2,1-3H3,(H,25,29). The molecule has 1 N–H and O–H groups in total. The molecule has 3 heterocycles. The van der Waals surface area contributed by atoms with Crippen LogP contribution in [0.25, 0.3) is 5.82 Å². The second kappa shape index (κ2) is 8.90. The zero-order valence-electron chi connectivity index (χ0n) is 17.8.